The van der Waals surface area contributed by atoms with E-state index in [1.165, 1.54) is 5.56 Å². The Hall–Kier alpha value is -1.35. The average Bonchev–Trinajstić information content (AvgIpc) is 2.39. The van der Waals surface area contributed by atoms with Crippen molar-refractivity contribution < 1.29 is 4.79 Å². The Bertz CT molecular complexity index is 427. The Morgan fingerprint density at radius 2 is 2.05 bits per heavy atom. The molecule has 0 aliphatic carbocycles. The van der Waals surface area contributed by atoms with Crippen molar-refractivity contribution in [2.45, 2.75) is 51.6 Å². The number of carbonyl (C=O) groups is 1. The lowest BCUT2D eigenvalue weighted by molar-refractivity contribution is 0.0619. The molecule has 1 aromatic carbocycles. The van der Waals surface area contributed by atoms with Crippen LogP contribution >= 0.6 is 0 Å². The summed E-state index contributed by atoms with van der Waals surface area (Å²) in [6.45, 7) is 5.03. The third kappa shape index (κ3) is 3.35. The highest BCUT2D eigenvalue weighted by atomic mass is 16.2. The fourth-order valence-corrected chi connectivity index (χ4v) is 2.78. The summed E-state index contributed by atoms with van der Waals surface area (Å²) >= 11 is 0. The summed E-state index contributed by atoms with van der Waals surface area (Å²) < 4.78 is 0. The molecule has 1 aliphatic heterocycles. The normalized spacial score (nSPS) is 23.4. The SMILES string of the molecule is CCCc1ccc(C(=O)N2CC[C@H](N)C[C@@H]2C)cc1. The molecule has 3 heteroatoms. The van der Waals surface area contributed by atoms with Gasteiger partial charge in [0.1, 0.15) is 0 Å². The number of likely N-dealkylation sites (tertiary alicyclic amines) is 1. The highest BCUT2D eigenvalue weighted by molar-refractivity contribution is 5.94. The predicted octanol–water partition coefficient (Wildman–Crippen LogP) is 2.59. The van der Waals surface area contributed by atoms with Crippen LogP contribution in [0.5, 0.6) is 0 Å². The van der Waals surface area contributed by atoms with E-state index in [0.717, 1.165) is 37.8 Å². The lowest BCUT2D eigenvalue weighted by atomic mass is 9.98. The molecule has 2 rings (SSSR count). The number of hydrogen-bond acceptors (Lipinski definition) is 2. The van der Waals surface area contributed by atoms with Crippen LogP contribution in [0.1, 0.15) is 49.0 Å². The first-order valence-corrected chi connectivity index (χ1v) is 7.27. The van der Waals surface area contributed by atoms with Gasteiger partial charge in [0.25, 0.3) is 5.91 Å². The second-order valence-corrected chi connectivity index (χ2v) is 5.58. The minimum absolute atomic E-state index is 0.141. The van der Waals surface area contributed by atoms with Crippen molar-refractivity contribution in [3.05, 3.63) is 35.4 Å². The van der Waals surface area contributed by atoms with Crippen LogP contribution in [0.3, 0.4) is 0 Å². The maximum Gasteiger partial charge on any atom is 0.254 e. The number of amides is 1. The van der Waals surface area contributed by atoms with E-state index in [9.17, 15) is 4.79 Å². The van der Waals surface area contributed by atoms with Gasteiger partial charge in [-0.2, -0.15) is 0 Å². The van der Waals surface area contributed by atoms with E-state index in [-0.39, 0.29) is 18.0 Å². The van der Waals surface area contributed by atoms with E-state index < -0.39 is 0 Å². The largest absolute Gasteiger partial charge is 0.336 e. The number of piperidine rings is 1. The predicted molar refractivity (Wildman–Crippen MR) is 78.1 cm³/mol. The van der Waals surface area contributed by atoms with Crippen LogP contribution in [0.25, 0.3) is 0 Å². The Labute approximate surface area is 115 Å². The summed E-state index contributed by atoms with van der Waals surface area (Å²) in [5.41, 5.74) is 8.03. The maximum atomic E-state index is 12.5. The summed E-state index contributed by atoms with van der Waals surface area (Å²) in [5, 5.41) is 0. The van der Waals surface area contributed by atoms with Gasteiger partial charge in [0.15, 0.2) is 0 Å². The van der Waals surface area contributed by atoms with Gasteiger partial charge in [-0.1, -0.05) is 25.5 Å². The zero-order valence-corrected chi connectivity index (χ0v) is 11.9. The van der Waals surface area contributed by atoms with Crippen molar-refractivity contribution in [3.8, 4) is 0 Å². The fraction of sp³-hybridized carbons (Fsp3) is 0.562. The molecule has 0 saturated carbocycles. The van der Waals surface area contributed by atoms with Crippen molar-refractivity contribution in [1.82, 2.24) is 4.90 Å². The van der Waals surface area contributed by atoms with Gasteiger partial charge in [0.05, 0.1) is 0 Å². The Morgan fingerprint density at radius 3 is 2.63 bits per heavy atom. The lowest BCUT2D eigenvalue weighted by Crippen LogP contribution is -2.48. The molecule has 1 fully saturated rings. The van der Waals surface area contributed by atoms with E-state index in [1.54, 1.807) is 0 Å². The standard InChI is InChI=1S/C16H24N2O/c1-3-4-13-5-7-14(8-6-13)16(19)18-10-9-15(17)11-12(18)2/h5-8,12,15H,3-4,9-11,17H2,1-2H3/t12-,15-/m0/s1. The van der Waals surface area contributed by atoms with Crippen LogP contribution in [-0.4, -0.2) is 29.4 Å². The van der Waals surface area contributed by atoms with Crippen molar-refractivity contribution in [2.24, 2.45) is 5.73 Å². The molecule has 1 aromatic rings. The molecule has 0 spiro atoms. The molecule has 0 aromatic heterocycles. The van der Waals surface area contributed by atoms with Crippen molar-refractivity contribution >= 4 is 5.91 Å². The third-order valence-electron chi connectivity index (χ3n) is 3.92. The first-order chi connectivity index (χ1) is 9.11. The number of rotatable bonds is 3. The Kier molecular flexibility index (Phi) is 4.59. The molecular formula is C16H24N2O. The topological polar surface area (TPSA) is 46.3 Å². The zero-order chi connectivity index (χ0) is 13.8. The summed E-state index contributed by atoms with van der Waals surface area (Å²) in [7, 11) is 0. The zero-order valence-electron chi connectivity index (χ0n) is 11.9. The second-order valence-electron chi connectivity index (χ2n) is 5.58. The van der Waals surface area contributed by atoms with Gasteiger partial charge in [0, 0.05) is 24.2 Å². The van der Waals surface area contributed by atoms with Crippen molar-refractivity contribution in [1.29, 1.82) is 0 Å². The Morgan fingerprint density at radius 1 is 1.37 bits per heavy atom. The smallest absolute Gasteiger partial charge is 0.254 e. The highest BCUT2D eigenvalue weighted by Gasteiger charge is 2.27. The van der Waals surface area contributed by atoms with Gasteiger partial charge in [0.2, 0.25) is 0 Å². The molecule has 0 unspecified atom stereocenters. The number of carbonyl (C=O) groups excluding carboxylic acids is 1. The van der Waals surface area contributed by atoms with E-state index in [2.05, 4.69) is 26.0 Å². The van der Waals surface area contributed by atoms with Crippen LogP contribution in [0.15, 0.2) is 24.3 Å². The molecule has 2 N–H and O–H groups in total. The number of benzene rings is 1. The van der Waals surface area contributed by atoms with E-state index in [0.29, 0.717) is 0 Å². The van der Waals surface area contributed by atoms with Crippen LogP contribution in [0, 0.1) is 0 Å². The number of aryl methyl sites for hydroxylation is 1. The molecule has 1 heterocycles. The molecule has 0 radical (unpaired) electrons. The van der Waals surface area contributed by atoms with Crippen LogP contribution in [0.4, 0.5) is 0 Å². The summed E-state index contributed by atoms with van der Waals surface area (Å²) in [6.07, 6.45) is 4.02. The van der Waals surface area contributed by atoms with Gasteiger partial charge >= 0.3 is 0 Å². The minimum Gasteiger partial charge on any atom is -0.336 e. The molecular weight excluding hydrogens is 236 g/mol. The van der Waals surface area contributed by atoms with Gasteiger partial charge in [-0.25, -0.2) is 0 Å². The third-order valence-corrected chi connectivity index (χ3v) is 3.92. The molecule has 1 amide bonds. The quantitative estimate of drug-likeness (QED) is 0.908. The fourth-order valence-electron chi connectivity index (χ4n) is 2.78. The highest BCUT2D eigenvalue weighted by Crippen LogP contribution is 2.19. The molecule has 1 aliphatic rings. The number of hydrogen-bond donors (Lipinski definition) is 1. The molecule has 104 valence electrons. The molecule has 19 heavy (non-hydrogen) atoms. The number of nitrogens with zero attached hydrogens (tertiary/aromatic N) is 1. The molecule has 3 nitrogen and oxygen atoms in total. The monoisotopic (exact) mass is 260 g/mol. The molecule has 2 atom stereocenters. The molecule has 0 bridgehead atoms. The number of nitrogens with two attached hydrogens (primary N) is 1. The minimum atomic E-state index is 0.141. The summed E-state index contributed by atoms with van der Waals surface area (Å²) in [4.78, 5) is 14.4. The van der Waals surface area contributed by atoms with Crippen molar-refractivity contribution in [2.75, 3.05) is 6.54 Å². The average molecular weight is 260 g/mol. The van der Waals surface area contributed by atoms with Gasteiger partial charge in [-0.3, -0.25) is 4.79 Å². The van der Waals surface area contributed by atoms with Gasteiger partial charge in [-0.15, -0.1) is 0 Å². The lowest BCUT2D eigenvalue weighted by Gasteiger charge is -2.36. The van der Waals surface area contributed by atoms with Crippen molar-refractivity contribution in [3.63, 3.8) is 0 Å². The van der Waals surface area contributed by atoms with Crippen LogP contribution < -0.4 is 5.73 Å². The molecule has 1 saturated heterocycles. The van der Waals surface area contributed by atoms with E-state index in [1.807, 2.05) is 17.0 Å². The van der Waals surface area contributed by atoms with E-state index in [4.69, 9.17) is 5.73 Å². The summed E-state index contributed by atoms with van der Waals surface area (Å²) in [5.74, 6) is 0.141. The van der Waals surface area contributed by atoms with Gasteiger partial charge < -0.3 is 10.6 Å². The maximum absolute atomic E-state index is 12.5. The van der Waals surface area contributed by atoms with E-state index >= 15 is 0 Å². The van der Waals surface area contributed by atoms with Crippen LogP contribution in [-0.2, 0) is 6.42 Å². The van der Waals surface area contributed by atoms with Crippen LogP contribution in [0.2, 0.25) is 0 Å². The summed E-state index contributed by atoms with van der Waals surface area (Å²) in [6, 6.07) is 8.52. The van der Waals surface area contributed by atoms with Gasteiger partial charge in [-0.05, 0) is 43.9 Å². The second kappa shape index (κ2) is 6.20. The first kappa shape index (κ1) is 14.1. The Balaban J connectivity index is 2.06. The first-order valence-electron chi connectivity index (χ1n) is 7.27.